The van der Waals surface area contributed by atoms with Gasteiger partial charge in [0.2, 0.25) is 5.91 Å². The molecule has 0 aliphatic carbocycles. The summed E-state index contributed by atoms with van der Waals surface area (Å²) in [6.07, 6.45) is -0.0750. The largest absolute Gasteiger partial charge is 0.465 e. The predicted octanol–water partition coefficient (Wildman–Crippen LogP) is 1.31. The molecule has 4 heteroatoms. The molecule has 1 N–H and O–H groups in total. The van der Waals surface area contributed by atoms with Crippen LogP contribution in [-0.2, 0) is 4.79 Å². The third kappa shape index (κ3) is 1.42. The van der Waals surface area contributed by atoms with Gasteiger partial charge >= 0.3 is 6.09 Å². The van der Waals surface area contributed by atoms with Crippen molar-refractivity contribution in [2.24, 2.45) is 5.92 Å². The van der Waals surface area contributed by atoms with Crippen LogP contribution >= 0.6 is 0 Å². The molecule has 1 unspecified atom stereocenters. The van der Waals surface area contributed by atoms with Crippen LogP contribution in [0, 0.1) is 5.92 Å². The van der Waals surface area contributed by atoms with Crippen molar-refractivity contribution in [1.29, 1.82) is 0 Å². The maximum absolute atomic E-state index is 11.1. The van der Waals surface area contributed by atoms with Crippen molar-refractivity contribution in [3.63, 3.8) is 0 Å². The fourth-order valence-electron chi connectivity index (χ4n) is 1.59. The number of likely N-dealkylation sites (tertiary alicyclic amines) is 1. The lowest BCUT2D eigenvalue weighted by atomic mass is 10.0. The standard InChI is InChI=1S/C8H13NO3/c1-5(2)6-3-4-7(10)9(6)8(11)12/h5-6H,3-4H2,1-2H3,(H,11,12). The molecule has 68 valence electrons. The van der Waals surface area contributed by atoms with Gasteiger partial charge in [0.05, 0.1) is 0 Å². The van der Waals surface area contributed by atoms with Gasteiger partial charge in [0.1, 0.15) is 0 Å². The lowest BCUT2D eigenvalue weighted by Crippen LogP contribution is -2.40. The summed E-state index contributed by atoms with van der Waals surface area (Å²) >= 11 is 0. The van der Waals surface area contributed by atoms with E-state index in [-0.39, 0.29) is 17.9 Å². The van der Waals surface area contributed by atoms with Gasteiger partial charge in [-0.1, -0.05) is 13.8 Å². The SMILES string of the molecule is CC(C)C1CCC(=O)N1C(=O)O. The van der Waals surface area contributed by atoms with Gasteiger partial charge in [-0.15, -0.1) is 0 Å². The molecule has 1 aliphatic rings. The molecular formula is C8H13NO3. The third-order valence-corrected chi connectivity index (χ3v) is 2.23. The zero-order chi connectivity index (χ0) is 9.30. The molecule has 0 radical (unpaired) electrons. The van der Waals surface area contributed by atoms with Crippen LogP contribution in [0.5, 0.6) is 0 Å². The Hall–Kier alpha value is -1.06. The zero-order valence-corrected chi connectivity index (χ0v) is 7.28. The van der Waals surface area contributed by atoms with E-state index in [4.69, 9.17) is 5.11 Å². The van der Waals surface area contributed by atoms with Crippen LogP contribution in [0.25, 0.3) is 0 Å². The smallest absolute Gasteiger partial charge is 0.414 e. The highest BCUT2D eigenvalue weighted by Crippen LogP contribution is 2.24. The Balaban J connectivity index is 2.77. The van der Waals surface area contributed by atoms with E-state index in [1.54, 1.807) is 0 Å². The van der Waals surface area contributed by atoms with Gasteiger partial charge in [-0.25, -0.2) is 9.69 Å². The molecule has 1 heterocycles. The second-order valence-electron chi connectivity index (χ2n) is 3.40. The fourth-order valence-corrected chi connectivity index (χ4v) is 1.59. The summed E-state index contributed by atoms with van der Waals surface area (Å²) in [6.45, 7) is 3.86. The minimum atomic E-state index is -1.11. The second-order valence-corrected chi connectivity index (χ2v) is 3.40. The van der Waals surface area contributed by atoms with Crippen LogP contribution in [0.2, 0.25) is 0 Å². The molecule has 0 spiro atoms. The summed E-state index contributed by atoms with van der Waals surface area (Å²) in [5.74, 6) is -0.0475. The van der Waals surface area contributed by atoms with Gasteiger partial charge in [-0.05, 0) is 12.3 Å². The third-order valence-electron chi connectivity index (χ3n) is 2.23. The Morgan fingerprint density at radius 1 is 1.67 bits per heavy atom. The number of imide groups is 1. The molecule has 1 rings (SSSR count). The molecule has 0 aromatic heterocycles. The average Bonchev–Trinajstić information content (AvgIpc) is 2.30. The van der Waals surface area contributed by atoms with Crippen LogP contribution in [0.4, 0.5) is 4.79 Å². The minimum absolute atomic E-state index is 0.116. The van der Waals surface area contributed by atoms with E-state index in [1.807, 2.05) is 13.8 Å². The summed E-state index contributed by atoms with van der Waals surface area (Å²) < 4.78 is 0. The number of amides is 2. The summed E-state index contributed by atoms with van der Waals surface area (Å²) in [5.41, 5.74) is 0. The van der Waals surface area contributed by atoms with Crippen molar-refractivity contribution in [3.05, 3.63) is 0 Å². The van der Waals surface area contributed by atoms with Crippen molar-refractivity contribution < 1.29 is 14.7 Å². The molecule has 1 atom stereocenters. The molecule has 2 amide bonds. The van der Waals surface area contributed by atoms with Crippen molar-refractivity contribution in [2.75, 3.05) is 0 Å². The molecule has 12 heavy (non-hydrogen) atoms. The van der Waals surface area contributed by atoms with Crippen LogP contribution in [-0.4, -0.2) is 28.0 Å². The molecule has 0 aromatic rings. The summed E-state index contributed by atoms with van der Waals surface area (Å²) in [5, 5.41) is 8.71. The van der Waals surface area contributed by atoms with Gasteiger partial charge in [0, 0.05) is 12.5 Å². The van der Waals surface area contributed by atoms with Crippen molar-refractivity contribution in [1.82, 2.24) is 4.90 Å². The second kappa shape index (κ2) is 3.13. The first-order valence-corrected chi connectivity index (χ1v) is 4.09. The predicted molar refractivity (Wildman–Crippen MR) is 42.7 cm³/mol. The van der Waals surface area contributed by atoms with Gasteiger partial charge in [0.15, 0.2) is 0 Å². The highest BCUT2D eigenvalue weighted by molar-refractivity contribution is 5.93. The number of carbonyl (C=O) groups is 2. The van der Waals surface area contributed by atoms with Gasteiger partial charge in [0.25, 0.3) is 0 Å². The maximum Gasteiger partial charge on any atom is 0.414 e. The van der Waals surface area contributed by atoms with Crippen LogP contribution in [0.3, 0.4) is 0 Å². The first kappa shape index (κ1) is 9.03. The van der Waals surface area contributed by atoms with E-state index in [2.05, 4.69) is 0 Å². The van der Waals surface area contributed by atoms with Gasteiger partial charge in [-0.3, -0.25) is 4.79 Å². The molecule has 0 bridgehead atoms. The van der Waals surface area contributed by atoms with E-state index in [1.165, 1.54) is 0 Å². The van der Waals surface area contributed by atoms with E-state index in [9.17, 15) is 9.59 Å². The Bertz CT molecular complexity index is 212. The van der Waals surface area contributed by atoms with E-state index in [0.717, 1.165) is 4.90 Å². The lowest BCUT2D eigenvalue weighted by Gasteiger charge is -2.22. The van der Waals surface area contributed by atoms with Crippen molar-refractivity contribution >= 4 is 12.0 Å². The van der Waals surface area contributed by atoms with Crippen LogP contribution < -0.4 is 0 Å². The Morgan fingerprint density at radius 3 is 2.58 bits per heavy atom. The first-order chi connectivity index (χ1) is 5.54. The van der Waals surface area contributed by atoms with Crippen molar-refractivity contribution in [2.45, 2.75) is 32.7 Å². The number of rotatable bonds is 1. The summed E-state index contributed by atoms with van der Waals surface area (Å²) in [6, 6.07) is -0.116. The van der Waals surface area contributed by atoms with E-state index in [0.29, 0.717) is 12.8 Å². The first-order valence-electron chi connectivity index (χ1n) is 4.09. The minimum Gasteiger partial charge on any atom is -0.465 e. The molecule has 4 nitrogen and oxygen atoms in total. The van der Waals surface area contributed by atoms with Gasteiger partial charge in [-0.2, -0.15) is 0 Å². The molecule has 0 saturated carbocycles. The Kier molecular flexibility index (Phi) is 2.35. The zero-order valence-electron chi connectivity index (χ0n) is 7.28. The molecule has 1 fully saturated rings. The number of hydrogen-bond donors (Lipinski definition) is 1. The fraction of sp³-hybridized carbons (Fsp3) is 0.750. The van der Waals surface area contributed by atoms with Crippen LogP contribution in [0.15, 0.2) is 0 Å². The van der Waals surface area contributed by atoms with E-state index < -0.39 is 6.09 Å². The summed E-state index contributed by atoms with van der Waals surface area (Å²) in [7, 11) is 0. The number of carboxylic acid groups (broad SMARTS) is 1. The van der Waals surface area contributed by atoms with E-state index >= 15 is 0 Å². The van der Waals surface area contributed by atoms with Crippen LogP contribution in [0.1, 0.15) is 26.7 Å². The highest BCUT2D eigenvalue weighted by atomic mass is 16.4. The average molecular weight is 171 g/mol. The molecule has 1 saturated heterocycles. The van der Waals surface area contributed by atoms with Gasteiger partial charge < -0.3 is 5.11 Å². The lowest BCUT2D eigenvalue weighted by molar-refractivity contribution is -0.127. The molecular weight excluding hydrogens is 158 g/mol. The molecule has 0 aromatic carbocycles. The normalized spacial score (nSPS) is 23.8. The monoisotopic (exact) mass is 171 g/mol. The van der Waals surface area contributed by atoms with Crippen molar-refractivity contribution in [3.8, 4) is 0 Å². The highest BCUT2D eigenvalue weighted by Gasteiger charge is 2.37. The Morgan fingerprint density at radius 2 is 2.25 bits per heavy atom. The quantitative estimate of drug-likeness (QED) is 0.647. The topological polar surface area (TPSA) is 57.6 Å². The Labute approximate surface area is 71.2 Å². The summed E-state index contributed by atoms with van der Waals surface area (Å²) in [4.78, 5) is 22.7. The maximum atomic E-state index is 11.1. The number of nitrogens with zero attached hydrogens (tertiary/aromatic N) is 1. The molecule has 1 aliphatic heterocycles. The number of carbonyl (C=O) groups excluding carboxylic acids is 1. The number of hydrogen-bond acceptors (Lipinski definition) is 2.